The van der Waals surface area contributed by atoms with Crippen molar-refractivity contribution in [2.75, 3.05) is 31.1 Å². The van der Waals surface area contributed by atoms with Crippen LogP contribution in [0.1, 0.15) is 5.56 Å². The van der Waals surface area contributed by atoms with Gasteiger partial charge in [-0.3, -0.25) is 9.58 Å². The average Bonchev–Trinajstić information content (AvgIpc) is 2.92. The fraction of sp³-hybridized carbons (Fsp3) is 0.429. The van der Waals surface area contributed by atoms with Crippen molar-refractivity contribution in [2.45, 2.75) is 12.8 Å². The van der Waals surface area contributed by atoms with E-state index in [4.69, 9.17) is 11.6 Å². The molecule has 0 N–H and O–H groups in total. The number of hydrogen-bond donors (Lipinski definition) is 0. The van der Waals surface area contributed by atoms with E-state index in [0.717, 1.165) is 25.4 Å². The first-order valence-electron chi connectivity index (χ1n) is 7.10. The molecule has 124 valence electrons. The molecule has 1 saturated heterocycles. The predicted molar refractivity (Wildman–Crippen MR) is 80.3 cm³/mol. The first-order valence-corrected chi connectivity index (χ1v) is 7.48. The zero-order valence-corrected chi connectivity index (χ0v) is 12.9. The van der Waals surface area contributed by atoms with Gasteiger partial charge in [-0.15, -0.1) is 0 Å². The van der Waals surface area contributed by atoms with Gasteiger partial charge in [-0.25, -0.2) is 4.98 Å². The summed E-state index contributed by atoms with van der Waals surface area (Å²) in [6, 6.07) is 2.49. The number of nitrogens with zero attached hydrogens (tertiary/aromatic N) is 5. The maximum absolute atomic E-state index is 12.5. The van der Waals surface area contributed by atoms with Gasteiger partial charge >= 0.3 is 6.18 Å². The van der Waals surface area contributed by atoms with Crippen molar-refractivity contribution in [2.24, 2.45) is 0 Å². The minimum absolute atomic E-state index is 0.569. The first kappa shape index (κ1) is 16.1. The van der Waals surface area contributed by atoms with Crippen LogP contribution in [-0.4, -0.2) is 45.8 Å². The van der Waals surface area contributed by atoms with Crippen LogP contribution in [0.4, 0.5) is 19.0 Å². The second-order valence-electron chi connectivity index (χ2n) is 5.35. The summed E-state index contributed by atoms with van der Waals surface area (Å²) in [5, 5.41) is 4.73. The molecule has 3 heterocycles. The molecule has 0 radical (unpaired) electrons. The molecule has 5 nitrogen and oxygen atoms in total. The van der Waals surface area contributed by atoms with E-state index in [0.29, 0.717) is 30.6 Å². The highest BCUT2D eigenvalue weighted by Crippen LogP contribution is 2.29. The molecule has 1 fully saturated rings. The lowest BCUT2D eigenvalue weighted by Gasteiger charge is -2.35. The molecular weight excluding hydrogens is 331 g/mol. The molecular formula is C14H15ClF3N5. The van der Waals surface area contributed by atoms with E-state index < -0.39 is 11.7 Å². The summed E-state index contributed by atoms with van der Waals surface area (Å²) in [6.07, 6.45) is -0.127. The Morgan fingerprint density at radius 2 is 1.83 bits per heavy atom. The van der Waals surface area contributed by atoms with Gasteiger partial charge in [0.05, 0.1) is 23.5 Å². The lowest BCUT2D eigenvalue weighted by Crippen LogP contribution is -2.47. The first-order chi connectivity index (χ1) is 10.9. The zero-order valence-electron chi connectivity index (χ0n) is 12.2. The van der Waals surface area contributed by atoms with Gasteiger partial charge in [0.2, 0.25) is 0 Å². The van der Waals surface area contributed by atoms with Crippen LogP contribution in [0.2, 0.25) is 5.02 Å². The fourth-order valence-electron chi connectivity index (χ4n) is 2.48. The van der Waals surface area contributed by atoms with Crippen molar-refractivity contribution in [1.82, 2.24) is 19.7 Å². The third-order valence-corrected chi connectivity index (χ3v) is 3.91. The van der Waals surface area contributed by atoms with E-state index in [1.807, 2.05) is 4.90 Å². The van der Waals surface area contributed by atoms with Gasteiger partial charge in [-0.05, 0) is 12.1 Å². The van der Waals surface area contributed by atoms with Crippen LogP contribution < -0.4 is 4.90 Å². The standard InChI is InChI=1S/C14H15ClF3N5/c15-12-8-20-23(9-12)10-21-3-5-22(6-4-21)13-2-1-11(7-19-13)14(16,17)18/h1-2,7-9H,3-6,10H2. The minimum Gasteiger partial charge on any atom is -0.354 e. The van der Waals surface area contributed by atoms with Crippen molar-refractivity contribution in [3.8, 4) is 0 Å². The molecule has 1 aliphatic rings. The molecule has 3 rings (SSSR count). The Kier molecular flexibility index (Phi) is 4.45. The van der Waals surface area contributed by atoms with E-state index in [-0.39, 0.29) is 0 Å². The molecule has 23 heavy (non-hydrogen) atoms. The topological polar surface area (TPSA) is 37.2 Å². The van der Waals surface area contributed by atoms with Gasteiger partial charge < -0.3 is 4.90 Å². The molecule has 2 aromatic rings. The van der Waals surface area contributed by atoms with Crippen LogP contribution >= 0.6 is 11.6 Å². The van der Waals surface area contributed by atoms with Gasteiger partial charge in [-0.2, -0.15) is 18.3 Å². The van der Waals surface area contributed by atoms with Gasteiger partial charge in [0, 0.05) is 38.6 Å². The van der Waals surface area contributed by atoms with E-state index in [1.54, 1.807) is 17.1 Å². The number of halogens is 4. The highest BCUT2D eigenvalue weighted by molar-refractivity contribution is 6.30. The number of rotatable bonds is 3. The number of pyridine rings is 1. The molecule has 1 aliphatic heterocycles. The Morgan fingerprint density at radius 1 is 1.09 bits per heavy atom. The third kappa shape index (κ3) is 3.94. The Balaban J connectivity index is 1.56. The Hall–Kier alpha value is -1.80. The number of piperazine rings is 1. The van der Waals surface area contributed by atoms with E-state index in [2.05, 4.69) is 15.0 Å². The van der Waals surface area contributed by atoms with E-state index in [9.17, 15) is 13.2 Å². The van der Waals surface area contributed by atoms with Crippen molar-refractivity contribution in [1.29, 1.82) is 0 Å². The molecule has 0 bridgehead atoms. The average molecular weight is 346 g/mol. The van der Waals surface area contributed by atoms with Crippen LogP contribution in [-0.2, 0) is 12.8 Å². The lowest BCUT2D eigenvalue weighted by molar-refractivity contribution is -0.137. The van der Waals surface area contributed by atoms with Crippen molar-refractivity contribution >= 4 is 17.4 Å². The van der Waals surface area contributed by atoms with Crippen LogP contribution in [0.5, 0.6) is 0 Å². The maximum atomic E-state index is 12.5. The van der Waals surface area contributed by atoms with Gasteiger partial charge in [0.1, 0.15) is 5.82 Å². The predicted octanol–water partition coefficient (Wildman–Crippen LogP) is 2.73. The number of hydrogen-bond acceptors (Lipinski definition) is 4. The highest BCUT2D eigenvalue weighted by Gasteiger charge is 2.31. The third-order valence-electron chi connectivity index (χ3n) is 3.72. The van der Waals surface area contributed by atoms with Gasteiger partial charge in [-0.1, -0.05) is 11.6 Å². The summed E-state index contributed by atoms with van der Waals surface area (Å²) in [6.45, 7) is 3.60. The molecule has 0 amide bonds. The number of anilines is 1. The summed E-state index contributed by atoms with van der Waals surface area (Å²) < 4.78 is 39.4. The summed E-state index contributed by atoms with van der Waals surface area (Å²) in [7, 11) is 0. The molecule has 0 saturated carbocycles. The van der Waals surface area contributed by atoms with E-state index in [1.165, 1.54) is 6.07 Å². The van der Waals surface area contributed by atoms with Crippen LogP contribution in [0.3, 0.4) is 0 Å². The monoisotopic (exact) mass is 345 g/mol. The largest absolute Gasteiger partial charge is 0.417 e. The highest BCUT2D eigenvalue weighted by atomic mass is 35.5. The second kappa shape index (κ2) is 6.37. The van der Waals surface area contributed by atoms with Gasteiger partial charge in [0.25, 0.3) is 0 Å². The summed E-state index contributed by atoms with van der Waals surface area (Å²) in [5.74, 6) is 0.569. The minimum atomic E-state index is -4.35. The summed E-state index contributed by atoms with van der Waals surface area (Å²) >= 11 is 5.83. The molecule has 0 aliphatic carbocycles. The molecule has 0 atom stereocenters. The fourth-order valence-corrected chi connectivity index (χ4v) is 2.64. The maximum Gasteiger partial charge on any atom is 0.417 e. The van der Waals surface area contributed by atoms with Gasteiger partial charge in [0.15, 0.2) is 0 Å². The normalized spacial score (nSPS) is 16.8. The Labute approximate surface area is 136 Å². The number of aromatic nitrogens is 3. The SMILES string of the molecule is FC(F)(F)c1ccc(N2CCN(Cn3cc(Cl)cn3)CC2)nc1. The zero-order chi connectivity index (χ0) is 16.4. The summed E-state index contributed by atoms with van der Waals surface area (Å²) in [4.78, 5) is 8.11. The molecule has 0 aromatic carbocycles. The lowest BCUT2D eigenvalue weighted by atomic mass is 10.2. The second-order valence-corrected chi connectivity index (χ2v) is 5.78. The van der Waals surface area contributed by atoms with E-state index >= 15 is 0 Å². The van der Waals surface area contributed by atoms with Crippen LogP contribution in [0.25, 0.3) is 0 Å². The summed E-state index contributed by atoms with van der Waals surface area (Å²) in [5.41, 5.74) is -0.726. The van der Waals surface area contributed by atoms with Crippen LogP contribution in [0, 0.1) is 0 Å². The molecule has 2 aromatic heterocycles. The Morgan fingerprint density at radius 3 is 2.35 bits per heavy atom. The molecule has 0 unspecified atom stereocenters. The Bertz CT molecular complexity index is 647. The van der Waals surface area contributed by atoms with Crippen molar-refractivity contribution in [3.63, 3.8) is 0 Å². The van der Waals surface area contributed by atoms with Crippen LogP contribution in [0.15, 0.2) is 30.7 Å². The van der Waals surface area contributed by atoms with Crippen molar-refractivity contribution in [3.05, 3.63) is 41.3 Å². The molecule has 9 heteroatoms. The van der Waals surface area contributed by atoms with Crippen molar-refractivity contribution < 1.29 is 13.2 Å². The quantitative estimate of drug-likeness (QED) is 0.857. The smallest absolute Gasteiger partial charge is 0.354 e. The molecule has 0 spiro atoms. The number of alkyl halides is 3.